The predicted octanol–water partition coefficient (Wildman–Crippen LogP) is -0.272. The lowest BCUT2D eigenvalue weighted by molar-refractivity contribution is -0.133. The van der Waals surface area contributed by atoms with E-state index in [2.05, 4.69) is 5.32 Å². The maximum absolute atomic E-state index is 11.5. The molecule has 6 nitrogen and oxygen atoms in total. The summed E-state index contributed by atoms with van der Waals surface area (Å²) in [4.78, 5) is 33.3. The third-order valence-electron chi connectivity index (χ3n) is 2.43. The molecule has 19 heavy (non-hydrogen) atoms. The highest BCUT2D eigenvalue weighted by Crippen LogP contribution is 2.10. The highest BCUT2D eigenvalue weighted by Gasteiger charge is 2.23. The Bertz CT molecular complexity index is 473. The van der Waals surface area contributed by atoms with Crippen molar-refractivity contribution in [1.29, 1.82) is 0 Å². The highest BCUT2D eigenvalue weighted by atomic mass is 35.5. The monoisotopic (exact) mass is 283 g/mol. The van der Waals surface area contributed by atoms with Gasteiger partial charge in [0.2, 0.25) is 17.7 Å². The molecular weight excluding hydrogens is 270 g/mol. The molecular formula is C12H14ClN3O3. The normalized spacial score (nSPS) is 10.2. The molecule has 0 aliphatic carbocycles. The first kappa shape index (κ1) is 15.0. The summed E-state index contributed by atoms with van der Waals surface area (Å²) in [5.41, 5.74) is 10.8. The number of hydrogen-bond acceptors (Lipinski definition) is 3. The van der Waals surface area contributed by atoms with E-state index in [4.69, 9.17) is 23.1 Å². The lowest BCUT2D eigenvalue weighted by atomic mass is 10.1. The zero-order valence-electron chi connectivity index (χ0n) is 10.1. The summed E-state index contributed by atoms with van der Waals surface area (Å²) in [5, 5.41) is 2.79. The fourth-order valence-electron chi connectivity index (χ4n) is 1.42. The molecule has 1 rings (SSSR count). The number of benzene rings is 1. The minimum Gasteiger partial charge on any atom is -0.367 e. The Morgan fingerprint density at radius 1 is 1.11 bits per heavy atom. The first-order valence-corrected chi connectivity index (χ1v) is 5.90. The van der Waals surface area contributed by atoms with Gasteiger partial charge in [0.25, 0.3) is 0 Å². The van der Waals surface area contributed by atoms with E-state index in [9.17, 15) is 14.4 Å². The van der Waals surface area contributed by atoms with Gasteiger partial charge < -0.3 is 16.8 Å². The summed E-state index contributed by atoms with van der Waals surface area (Å²) in [6.07, 6.45) is 0.561. The number of nitrogens with one attached hydrogen (secondary N) is 1. The third-order valence-corrected chi connectivity index (χ3v) is 2.68. The number of hydrogen-bond donors (Lipinski definition) is 3. The first-order chi connectivity index (χ1) is 8.90. The Morgan fingerprint density at radius 2 is 1.63 bits per heavy atom. The summed E-state index contributed by atoms with van der Waals surface area (Å²) < 4.78 is 0. The molecule has 5 N–H and O–H groups in total. The topological polar surface area (TPSA) is 115 Å². The molecule has 0 atom stereocenters. The van der Waals surface area contributed by atoms with Crippen molar-refractivity contribution in [2.45, 2.75) is 18.9 Å². The average Bonchev–Trinajstić information content (AvgIpc) is 2.34. The van der Waals surface area contributed by atoms with Crippen LogP contribution < -0.4 is 16.8 Å². The van der Waals surface area contributed by atoms with Crippen LogP contribution in [-0.2, 0) is 20.8 Å². The Hall–Kier alpha value is -2.08. The van der Waals surface area contributed by atoms with Gasteiger partial charge in [-0.3, -0.25) is 14.4 Å². The van der Waals surface area contributed by atoms with Crippen molar-refractivity contribution in [2.75, 3.05) is 0 Å². The van der Waals surface area contributed by atoms with E-state index in [1.807, 2.05) is 0 Å². The molecule has 102 valence electrons. The average molecular weight is 284 g/mol. The van der Waals surface area contributed by atoms with Gasteiger partial charge in [-0.25, -0.2) is 0 Å². The van der Waals surface area contributed by atoms with Crippen LogP contribution in [-0.4, -0.2) is 23.8 Å². The van der Waals surface area contributed by atoms with Gasteiger partial charge in [-0.05, 0) is 24.1 Å². The molecule has 0 aliphatic rings. The van der Waals surface area contributed by atoms with Gasteiger partial charge >= 0.3 is 0 Å². The van der Waals surface area contributed by atoms with Gasteiger partial charge in [0.1, 0.15) is 0 Å². The van der Waals surface area contributed by atoms with Crippen LogP contribution in [0, 0.1) is 0 Å². The molecule has 0 aromatic heterocycles. The van der Waals surface area contributed by atoms with E-state index in [-0.39, 0.29) is 6.42 Å². The van der Waals surface area contributed by atoms with Crippen molar-refractivity contribution in [3.63, 3.8) is 0 Å². The van der Waals surface area contributed by atoms with E-state index in [1.165, 1.54) is 0 Å². The molecule has 1 aromatic carbocycles. The summed E-state index contributed by atoms with van der Waals surface area (Å²) in [6.45, 7) is 0. The third kappa shape index (κ3) is 4.97. The number of nitrogens with two attached hydrogens (primary N) is 2. The Balaban J connectivity index is 2.49. The molecule has 0 aliphatic heterocycles. The smallest absolute Gasteiger partial charge is 0.249 e. The summed E-state index contributed by atoms with van der Waals surface area (Å²) in [5.74, 6) is -2.43. The van der Waals surface area contributed by atoms with Gasteiger partial charge in [0.05, 0.1) is 0 Å². The summed E-state index contributed by atoms with van der Waals surface area (Å²) in [7, 11) is 0. The van der Waals surface area contributed by atoms with Gasteiger partial charge in [0.15, 0.2) is 6.04 Å². The molecule has 0 saturated heterocycles. The van der Waals surface area contributed by atoms with Crippen LogP contribution in [0.15, 0.2) is 24.3 Å². The van der Waals surface area contributed by atoms with Crippen LogP contribution >= 0.6 is 11.6 Å². The first-order valence-electron chi connectivity index (χ1n) is 5.52. The number of carbonyl (C=O) groups excluding carboxylic acids is 3. The molecule has 0 bridgehead atoms. The summed E-state index contributed by atoms with van der Waals surface area (Å²) in [6, 6.07) is 5.53. The van der Waals surface area contributed by atoms with Crippen molar-refractivity contribution < 1.29 is 14.4 Å². The van der Waals surface area contributed by atoms with Crippen LogP contribution in [0.4, 0.5) is 0 Å². The maximum Gasteiger partial charge on any atom is 0.249 e. The lowest BCUT2D eigenvalue weighted by Crippen LogP contribution is -2.52. The lowest BCUT2D eigenvalue weighted by Gasteiger charge is -2.11. The Morgan fingerprint density at radius 3 is 2.11 bits per heavy atom. The van der Waals surface area contributed by atoms with E-state index in [1.54, 1.807) is 24.3 Å². The van der Waals surface area contributed by atoms with Gasteiger partial charge in [0, 0.05) is 11.4 Å². The Labute approximate surface area is 115 Å². The van der Waals surface area contributed by atoms with Crippen LogP contribution in [0.5, 0.6) is 0 Å². The SMILES string of the molecule is NC(=O)C(NC(=O)CCc1ccc(Cl)cc1)C(N)=O. The second-order valence-corrected chi connectivity index (χ2v) is 4.37. The van der Waals surface area contributed by atoms with E-state index in [0.717, 1.165) is 5.56 Å². The molecule has 7 heteroatoms. The number of amides is 3. The van der Waals surface area contributed by atoms with Crippen molar-refractivity contribution >= 4 is 29.3 Å². The van der Waals surface area contributed by atoms with Crippen molar-refractivity contribution in [3.8, 4) is 0 Å². The van der Waals surface area contributed by atoms with Gasteiger partial charge in [-0.1, -0.05) is 23.7 Å². The minimum absolute atomic E-state index is 0.110. The zero-order valence-corrected chi connectivity index (χ0v) is 10.8. The summed E-state index contributed by atoms with van der Waals surface area (Å²) >= 11 is 5.73. The van der Waals surface area contributed by atoms with E-state index >= 15 is 0 Å². The molecule has 0 unspecified atom stereocenters. The predicted molar refractivity (Wildman–Crippen MR) is 70.1 cm³/mol. The number of rotatable bonds is 6. The molecule has 0 fully saturated rings. The number of aryl methyl sites for hydroxylation is 1. The van der Waals surface area contributed by atoms with Crippen LogP contribution in [0.3, 0.4) is 0 Å². The molecule has 3 amide bonds. The fourth-order valence-corrected chi connectivity index (χ4v) is 1.55. The van der Waals surface area contributed by atoms with Crippen LogP contribution in [0.25, 0.3) is 0 Å². The molecule has 0 heterocycles. The molecule has 0 radical (unpaired) electrons. The largest absolute Gasteiger partial charge is 0.367 e. The van der Waals surface area contributed by atoms with Gasteiger partial charge in [-0.15, -0.1) is 0 Å². The van der Waals surface area contributed by atoms with Crippen molar-refractivity contribution in [1.82, 2.24) is 5.32 Å². The minimum atomic E-state index is -1.47. The quantitative estimate of drug-likeness (QED) is 0.624. The number of halogens is 1. The second-order valence-electron chi connectivity index (χ2n) is 3.93. The van der Waals surface area contributed by atoms with Crippen molar-refractivity contribution in [2.24, 2.45) is 11.5 Å². The fraction of sp³-hybridized carbons (Fsp3) is 0.250. The van der Waals surface area contributed by atoms with E-state index < -0.39 is 23.8 Å². The second kappa shape index (κ2) is 6.75. The van der Waals surface area contributed by atoms with Crippen LogP contribution in [0.1, 0.15) is 12.0 Å². The standard InChI is InChI=1S/C12H14ClN3O3/c13-8-4-1-7(2-5-8)3-6-9(17)16-10(11(14)18)12(15)19/h1-2,4-5,10H,3,6H2,(H2,14,18)(H2,15,19)(H,16,17). The molecule has 1 aromatic rings. The molecule has 0 saturated carbocycles. The zero-order chi connectivity index (χ0) is 14.4. The van der Waals surface area contributed by atoms with Crippen molar-refractivity contribution in [3.05, 3.63) is 34.9 Å². The Kier molecular flexibility index (Phi) is 5.32. The number of carbonyl (C=O) groups is 3. The maximum atomic E-state index is 11.5. The van der Waals surface area contributed by atoms with Crippen LogP contribution in [0.2, 0.25) is 5.02 Å². The number of primary amides is 2. The van der Waals surface area contributed by atoms with Gasteiger partial charge in [-0.2, -0.15) is 0 Å². The van der Waals surface area contributed by atoms with E-state index in [0.29, 0.717) is 11.4 Å². The molecule has 0 spiro atoms. The highest BCUT2D eigenvalue weighted by molar-refractivity contribution is 6.30.